The molecule has 0 atom stereocenters. The van der Waals surface area contributed by atoms with Gasteiger partial charge in [0.05, 0.1) is 11.1 Å². The van der Waals surface area contributed by atoms with Gasteiger partial charge in [-0.1, -0.05) is 38.1 Å². The largest absolute Gasteiger partial charge is 0.492 e. The Bertz CT molecular complexity index is 662. The van der Waals surface area contributed by atoms with Crippen molar-refractivity contribution in [1.82, 2.24) is 5.16 Å². The molecule has 0 unspecified atom stereocenters. The molecular weight excluding hydrogens is 360 g/mol. The molecule has 1 amide bonds. The lowest BCUT2D eigenvalue weighted by atomic mass is 9.93. The first-order valence-corrected chi connectivity index (χ1v) is 8.30. The predicted octanol–water partition coefficient (Wildman–Crippen LogP) is 4.53. The van der Waals surface area contributed by atoms with Gasteiger partial charge in [-0.3, -0.25) is 4.79 Å². The average Bonchev–Trinajstić information content (AvgIpc) is 2.94. The van der Waals surface area contributed by atoms with E-state index in [1.807, 2.05) is 45.0 Å². The van der Waals surface area contributed by atoms with Crippen LogP contribution in [0.4, 0.5) is 5.82 Å². The number of para-hydroxylation sites is 1. The predicted molar refractivity (Wildman–Crippen MR) is 92.7 cm³/mol. The van der Waals surface area contributed by atoms with E-state index in [2.05, 4.69) is 26.4 Å². The molecule has 5 nitrogen and oxygen atoms in total. The quantitative estimate of drug-likeness (QED) is 0.747. The van der Waals surface area contributed by atoms with E-state index in [4.69, 9.17) is 9.26 Å². The lowest BCUT2D eigenvalue weighted by Crippen LogP contribution is -2.13. The Labute approximate surface area is 144 Å². The van der Waals surface area contributed by atoms with Gasteiger partial charge in [-0.25, -0.2) is 0 Å². The van der Waals surface area contributed by atoms with Crippen LogP contribution in [0.15, 0.2) is 39.3 Å². The van der Waals surface area contributed by atoms with Crippen molar-refractivity contribution in [2.24, 2.45) is 0 Å². The van der Waals surface area contributed by atoms with Gasteiger partial charge in [0.2, 0.25) is 5.91 Å². The molecule has 1 N–H and O–H groups in total. The second-order valence-corrected chi connectivity index (χ2v) is 7.11. The van der Waals surface area contributed by atoms with Gasteiger partial charge in [-0.15, -0.1) is 0 Å². The van der Waals surface area contributed by atoms with E-state index in [9.17, 15) is 4.79 Å². The van der Waals surface area contributed by atoms with Crippen molar-refractivity contribution in [2.75, 3.05) is 11.9 Å². The van der Waals surface area contributed by atoms with E-state index < -0.39 is 0 Å². The van der Waals surface area contributed by atoms with Crippen LogP contribution in [0.2, 0.25) is 0 Å². The van der Waals surface area contributed by atoms with Crippen LogP contribution in [0.3, 0.4) is 0 Å². The fraction of sp³-hybridized carbons (Fsp3) is 0.412. The second kappa shape index (κ2) is 7.64. The maximum absolute atomic E-state index is 11.9. The van der Waals surface area contributed by atoms with E-state index >= 15 is 0 Å². The summed E-state index contributed by atoms with van der Waals surface area (Å²) in [6.07, 6.45) is 0.985. The number of ether oxygens (including phenoxy) is 1. The van der Waals surface area contributed by atoms with Crippen molar-refractivity contribution < 1.29 is 14.1 Å². The lowest BCUT2D eigenvalue weighted by molar-refractivity contribution is -0.116. The van der Waals surface area contributed by atoms with Crippen LogP contribution in [0, 0.1) is 0 Å². The molecular formula is C17H21BrN2O3. The molecule has 1 heterocycles. The van der Waals surface area contributed by atoms with E-state index in [1.165, 1.54) is 0 Å². The van der Waals surface area contributed by atoms with Crippen LogP contribution < -0.4 is 10.1 Å². The molecule has 0 aliphatic rings. The second-order valence-electron chi connectivity index (χ2n) is 6.26. The first-order valence-electron chi connectivity index (χ1n) is 7.50. The number of aromatic nitrogens is 1. The average molecular weight is 381 g/mol. The monoisotopic (exact) mass is 380 g/mol. The number of rotatable bonds is 6. The molecule has 2 rings (SSSR count). The third-order valence-corrected chi connectivity index (χ3v) is 3.81. The van der Waals surface area contributed by atoms with Crippen LogP contribution in [0.25, 0.3) is 0 Å². The minimum absolute atomic E-state index is 0.102. The van der Waals surface area contributed by atoms with E-state index in [0.29, 0.717) is 25.3 Å². The summed E-state index contributed by atoms with van der Waals surface area (Å²) >= 11 is 3.42. The number of nitrogens with zero attached hydrogens (tertiary/aromatic N) is 1. The Kier molecular flexibility index (Phi) is 5.82. The zero-order chi connectivity index (χ0) is 16.9. The van der Waals surface area contributed by atoms with Crippen molar-refractivity contribution in [3.63, 3.8) is 0 Å². The van der Waals surface area contributed by atoms with E-state index in [-0.39, 0.29) is 11.3 Å². The Morgan fingerprint density at radius 2 is 2.09 bits per heavy atom. The summed E-state index contributed by atoms with van der Waals surface area (Å²) in [6, 6.07) is 9.39. The van der Waals surface area contributed by atoms with Crippen LogP contribution in [0.5, 0.6) is 5.75 Å². The third-order valence-electron chi connectivity index (χ3n) is 3.16. The first-order chi connectivity index (χ1) is 10.9. The van der Waals surface area contributed by atoms with Crippen molar-refractivity contribution in [3.8, 4) is 5.75 Å². The van der Waals surface area contributed by atoms with Crippen LogP contribution in [0.1, 0.15) is 39.4 Å². The normalized spacial score (nSPS) is 11.3. The fourth-order valence-corrected chi connectivity index (χ4v) is 2.27. The maximum Gasteiger partial charge on any atom is 0.225 e. The van der Waals surface area contributed by atoms with Gasteiger partial charge in [0.25, 0.3) is 0 Å². The van der Waals surface area contributed by atoms with Crippen LogP contribution in [-0.4, -0.2) is 17.7 Å². The number of hydrogen-bond acceptors (Lipinski definition) is 4. The fourth-order valence-electron chi connectivity index (χ4n) is 1.87. The van der Waals surface area contributed by atoms with Gasteiger partial charge >= 0.3 is 0 Å². The Balaban J connectivity index is 1.73. The van der Waals surface area contributed by atoms with E-state index in [0.717, 1.165) is 16.0 Å². The highest BCUT2D eigenvalue weighted by molar-refractivity contribution is 9.10. The number of carbonyl (C=O) groups is 1. The van der Waals surface area contributed by atoms with Crippen LogP contribution in [-0.2, 0) is 10.2 Å². The Morgan fingerprint density at radius 3 is 2.74 bits per heavy atom. The molecule has 1 aromatic carbocycles. The minimum atomic E-state index is -0.132. The molecule has 0 saturated heterocycles. The van der Waals surface area contributed by atoms with Gasteiger partial charge in [0.1, 0.15) is 11.5 Å². The molecule has 0 saturated carbocycles. The summed E-state index contributed by atoms with van der Waals surface area (Å²) in [5.41, 5.74) is -0.132. The summed E-state index contributed by atoms with van der Waals surface area (Å²) in [6.45, 7) is 6.55. The molecule has 23 heavy (non-hydrogen) atoms. The first kappa shape index (κ1) is 17.5. The van der Waals surface area contributed by atoms with Gasteiger partial charge in [-0.2, -0.15) is 0 Å². The maximum atomic E-state index is 11.9. The zero-order valence-electron chi connectivity index (χ0n) is 13.6. The highest BCUT2D eigenvalue weighted by Crippen LogP contribution is 2.25. The van der Waals surface area contributed by atoms with Crippen molar-refractivity contribution in [3.05, 3.63) is 40.6 Å². The summed E-state index contributed by atoms with van der Waals surface area (Å²) < 4.78 is 11.8. The van der Waals surface area contributed by atoms with Gasteiger partial charge < -0.3 is 14.6 Å². The molecule has 124 valence electrons. The number of hydrogen-bond donors (Lipinski definition) is 1. The van der Waals surface area contributed by atoms with Gasteiger partial charge in [0, 0.05) is 17.9 Å². The van der Waals surface area contributed by atoms with Gasteiger partial charge in [-0.05, 0) is 34.5 Å². The number of amides is 1. The topological polar surface area (TPSA) is 64.4 Å². The summed E-state index contributed by atoms with van der Waals surface area (Å²) in [4.78, 5) is 11.9. The smallest absolute Gasteiger partial charge is 0.225 e. The summed E-state index contributed by atoms with van der Waals surface area (Å²) in [5.74, 6) is 1.87. The minimum Gasteiger partial charge on any atom is -0.492 e. The highest BCUT2D eigenvalue weighted by Gasteiger charge is 2.20. The standard InChI is InChI=1S/C17H21BrN2O3/c1-17(2,3)14-11-15(20-23-14)19-16(21)9-6-10-22-13-8-5-4-7-12(13)18/h4-5,7-8,11H,6,9-10H2,1-3H3,(H,19,20,21). The Hall–Kier alpha value is -1.82. The molecule has 0 fully saturated rings. The molecule has 6 heteroatoms. The molecule has 0 aliphatic heterocycles. The number of benzene rings is 1. The number of carbonyl (C=O) groups excluding carboxylic acids is 1. The SMILES string of the molecule is CC(C)(C)c1cc(NC(=O)CCCOc2ccccc2Br)no1. The molecule has 2 aromatic rings. The van der Waals surface area contributed by atoms with Crippen molar-refractivity contribution in [1.29, 1.82) is 0 Å². The lowest BCUT2D eigenvalue weighted by Gasteiger charge is -2.12. The van der Waals surface area contributed by atoms with Gasteiger partial charge in [0.15, 0.2) is 5.82 Å². The van der Waals surface area contributed by atoms with Crippen molar-refractivity contribution >= 4 is 27.7 Å². The summed E-state index contributed by atoms with van der Waals surface area (Å²) in [5, 5.41) is 6.60. The molecule has 0 bridgehead atoms. The highest BCUT2D eigenvalue weighted by atomic mass is 79.9. The molecule has 0 aliphatic carbocycles. The van der Waals surface area contributed by atoms with Crippen LogP contribution >= 0.6 is 15.9 Å². The van der Waals surface area contributed by atoms with Crippen molar-refractivity contribution in [2.45, 2.75) is 39.0 Å². The Morgan fingerprint density at radius 1 is 1.35 bits per heavy atom. The molecule has 0 spiro atoms. The summed E-state index contributed by atoms with van der Waals surface area (Å²) in [7, 11) is 0. The number of nitrogens with one attached hydrogen (secondary N) is 1. The number of anilines is 1. The van der Waals surface area contributed by atoms with E-state index in [1.54, 1.807) is 6.07 Å². The molecule has 1 aromatic heterocycles. The zero-order valence-corrected chi connectivity index (χ0v) is 15.1. The third kappa shape index (κ3) is 5.39. The number of halogens is 1. The molecule has 0 radical (unpaired) electrons.